The van der Waals surface area contributed by atoms with Crippen LogP contribution in [0, 0.1) is 0 Å². The van der Waals surface area contributed by atoms with Gasteiger partial charge in [0.25, 0.3) is 0 Å². The van der Waals surface area contributed by atoms with Crippen molar-refractivity contribution in [3.05, 3.63) is 77.6 Å². The summed E-state index contributed by atoms with van der Waals surface area (Å²) in [7, 11) is 0. The molecule has 0 amide bonds. The van der Waals surface area contributed by atoms with E-state index < -0.39 is 0 Å². The SMILES string of the molecule is c1ccc2c(c1)Cc1cc(-c3nccn3Cc3nnc4n3CCC4)ccc1-2. The van der Waals surface area contributed by atoms with E-state index in [-0.39, 0.29) is 0 Å². The van der Waals surface area contributed by atoms with Gasteiger partial charge in [0.2, 0.25) is 0 Å². The van der Waals surface area contributed by atoms with E-state index in [2.05, 4.69) is 66.8 Å². The Balaban J connectivity index is 1.36. The Hall–Kier alpha value is -3.21. The second-order valence-corrected chi connectivity index (χ2v) is 7.37. The zero-order valence-electron chi connectivity index (χ0n) is 15.0. The Morgan fingerprint density at radius 3 is 2.89 bits per heavy atom. The number of nitrogens with zero attached hydrogens (tertiary/aromatic N) is 5. The standard InChI is InChI=1S/C22H19N5/c1-2-5-18-15(4-1)12-17-13-16(7-8-19(17)18)22-23-9-11-26(22)14-21-25-24-20-6-3-10-27(20)21/h1-2,4-5,7-9,11,13H,3,6,10,12,14H2. The summed E-state index contributed by atoms with van der Waals surface area (Å²) in [4.78, 5) is 4.64. The highest BCUT2D eigenvalue weighted by atomic mass is 15.3. The lowest BCUT2D eigenvalue weighted by Gasteiger charge is -2.10. The van der Waals surface area contributed by atoms with E-state index in [1.165, 1.54) is 28.7 Å². The van der Waals surface area contributed by atoms with Gasteiger partial charge in [0.15, 0.2) is 5.82 Å². The molecule has 2 aromatic carbocycles. The van der Waals surface area contributed by atoms with Crippen molar-refractivity contribution in [3.8, 4) is 22.5 Å². The van der Waals surface area contributed by atoms with Crippen molar-refractivity contribution in [3.63, 3.8) is 0 Å². The molecule has 2 aromatic heterocycles. The number of aromatic nitrogens is 5. The maximum atomic E-state index is 4.64. The summed E-state index contributed by atoms with van der Waals surface area (Å²) in [5, 5.41) is 8.73. The second-order valence-electron chi connectivity index (χ2n) is 7.37. The van der Waals surface area contributed by atoms with Gasteiger partial charge < -0.3 is 9.13 Å². The summed E-state index contributed by atoms with van der Waals surface area (Å²) >= 11 is 0. The first kappa shape index (κ1) is 14.9. The molecule has 2 aliphatic rings. The molecule has 5 heteroatoms. The predicted molar refractivity (Wildman–Crippen MR) is 103 cm³/mol. The van der Waals surface area contributed by atoms with Crippen LogP contribution in [0.3, 0.4) is 0 Å². The summed E-state index contributed by atoms with van der Waals surface area (Å²) < 4.78 is 4.43. The van der Waals surface area contributed by atoms with E-state index in [1.54, 1.807) is 0 Å². The van der Waals surface area contributed by atoms with Gasteiger partial charge in [-0.1, -0.05) is 36.4 Å². The fourth-order valence-electron chi connectivity index (χ4n) is 4.46. The topological polar surface area (TPSA) is 48.5 Å². The lowest BCUT2D eigenvalue weighted by atomic mass is 10.0. The first-order valence-electron chi connectivity index (χ1n) is 9.50. The summed E-state index contributed by atoms with van der Waals surface area (Å²) in [5.74, 6) is 3.13. The quantitative estimate of drug-likeness (QED) is 0.497. The van der Waals surface area contributed by atoms with Crippen LogP contribution in [0.1, 0.15) is 29.2 Å². The fourth-order valence-corrected chi connectivity index (χ4v) is 4.46. The molecule has 0 saturated heterocycles. The number of fused-ring (bicyclic) bond motifs is 4. The first-order valence-corrected chi connectivity index (χ1v) is 9.50. The van der Waals surface area contributed by atoms with Crippen LogP contribution in [-0.4, -0.2) is 24.3 Å². The summed E-state index contributed by atoms with van der Waals surface area (Å²) in [6.07, 6.45) is 7.11. The van der Waals surface area contributed by atoms with Crippen molar-refractivity contribution in [2.45, 2.75) is 32.4 Å². The van der Waals surface area contributed by atoms with Crippen LogP contribution in [0.2, 0.25) is 0 Å². The minimum absolute atomic E-state index is 0.708. The van der Waals surface area contributed by atoms with E-state index in [0.717, 1.165) is 42.4 Å². The minimum Gasteiger partial charge on any atom is -0.323 e. The van der Waals surface area contributed by atoms with Crippen molar-refractivity contribution in [2.24, 2.45) is 0 Å². The Morgan fingerprint density at radius 1 is 0.963 bits per heavy atom. The van der Waals surface area contributed by atoms with Gasteiger partial charge in [-0.25, -0.2) is 4.98 Å². The van der Waals surface area contributed by atoms with E-state index in [0.29, 0.717) is 6.54 Å². The molecule has 0 radical (unpaired) electrons. The number of hydrogen-bond acceptors (Lipinski definition) is 3. The van der Waals surface area contributed by atoms with Gasteiger partial charge in [-0.2, -0.15) is 0 Å². The molecule has 0 fully saturated rings. The van der Waals surface area contributed by atoms with Crippen molar-refractivity contribution in [2.75, 3.05) is 0 Å². The highest BCUT2D eigenvalue weighted by Gasteiger charge is 2.21. The van der Waals surface area contributed by atoms with Crippen molar-refractivity contribution >= 4 is 0 Å². The lowest BCUT2D eigenvalue weighted by Crippen LogP contribution is -2.08. The summed E-state index contributed by atoms with van der Waals surface area (Å²) in [6.45, 7) is 1.73. The van der Waals surface area contributed by atoms with Crippen LogP contribution in [-0.2, 0) is 25.9 Å². The molecule has 3 heterocycles. The molecule has 0 unspecified atom stereocenters. The third-order valence-electron chi connectivity index (χ3n) is 5.77. The molecule has 0 N–H and O–H groups in total. The maximum Gasteiger partial charge on any atom is 0.153 e. The summed E-state index contributed by atoms with van der Waals surface area (Å²) in [6, 6.07) is 15.4. The first-order chi connectivity index (χ1) is 13.4. The number of hydrogen-bond donors (Lipinski definition) is 0. The van der Waals surface area contributed by atoms with Crippen LogP contribution in [0.5, 0.6) is 0 Å². The molecule has 4 aromatic rings. The van der Waals surface area contributed by atoms with E-state index in [9.17, 15) is 0 Å². The molecular formula is C22H19N5. The summed E-state index contributed by atoms with van der Waals surface area (Å²) in [5.41, 5.74) is 6.66. The Bertz CT molecular complexity index is 1170. The van der Waals surface area contributed by atoms with Gasteiger partial charge in [0, 0.05) is 30.9 Å². The van der Waals surface area contributed by atoms with Crippen LogP contribution in [0.25, 0.3) is 22.5 Å². The van der Waals surface area contributed by atoms with Gasteiger partial charge in [-0.3, -0.25) is 0 Å². The average molecular weight is 353 g/mol. The molecule has 0 spiro atoms. The smallest absolute Gasteiger partial charge is 0.153 e. The largest absolute Gasteiger partial charge is 0.323 e. The number of imidazole rings is 1. The van der Waals surface area contributed by atoms with Crippen molar-refractivity contribution in [1.82, 2.24) is 24.3 Å². The zero-order chi connectivity index (χ0) is 17.8. The van der Waals surface area contributed by atoms with Crippen LogP contribution in [0.15, 0.2) is 54.9 Å². The molecule has 132 valence electrons. The molecule has 0 atom stereocenters. The monoisotopic (exact) mass is 353 g/mol. The van der Waals surface area contributed by atoms with Crippen molar-refractivity contribution < 1.29 is 0 Å². The normalized spacial score (nSPS) is 14.2. The van der Waals surface area contributed by atoms with E-state index in [1.807, 2.05) is 12.4 Å². The zero-order valence-corrected chi connectivity index (χ0v) is 15.0. The lowest BCUT2D eigenvalue weighted by molar-refractivity contribution is 0.648. The highest BCUT2D eigenvalue weighted by molar-refractivity contribution is 5.79. The third kappa shape index (κ3) is 2.28. The maximum absolute atomic E-state index is 4.64. The predicted octanol–water partition coefficient (Wildman–Crippen LogP) is 3.71. The number of benzene rings is 2. The second kappa shape index (κ2) is 5.64. The fraction of sp³-hybridized carbons (Fsp3) is 0.227. The van der Waals surface area contributed by atoms with Gasteiger partial charge in [-0.15, -0.1) is 10.2 Å². The molecule has 1 aliphatic carbocycles. The molecular weight excluding hydrogens is 334 g/mol. The molecule has 5 nitrogen and oxygen atoms in total. The highest BCUT2D eigenvalue weighted by Crippen LogP contribution is 2.38. The minimum atomic E-state index is 0.708. The molecule has 1 aliphatic heterocycles. The Labute approximate surface area is 157 Å². The molecule has 0 bridgehead atoms. The number of rotatable bonds is 3. The van der Waals surface area contributed by atoms with Crippen LogP contribution < -0.4 is 0 Å². The number of aryl methyl sites for hydroxylation is 1. The van der Waals surface area contributed by atoms with Gasteiger partial charge in [-0.05, 0) is 41.2 Å². The average Bonchev–Trinajstić information content (AvgIpc) is 3.46. The van der Waals surface area contributed by atoms with E-state index in [4.69, 9.17) is 0 Å². The van der Waals surface area contributed by atoms with Gasteiger partial charge >= 0.3 is 0 Å². The van der Waals surface area contributed by atoms with Crippen LogP contribution in [0.4, 0.5) is 0 Å². The molecule has 0 saturated carbocycles. The van der Waals surface area contributed by atoms with Crippen LogP contribution >= 0.6 is 0 Å². The third-order valence-corrected chi connectivity index (χ3v) is 5.77. The van der Waals surface area contributed by atoms with Gasteiger partial charge in [0.1, 0.15) is 11.6 Å². The van der Waals surface area contributed by atoms with Gasteiger partial charge in [0.05, 0.1) is 6.54 Å². The van der Waals surface area contributed by atoms with Crippen molar-refractivity contribution in [1.29, 1.82) is 0 Å². The molecule has 27 heavy (non-hydrogen) atoms. The van der Waals surface area contributed by atoms with E-state index >= 15 is 0 Å². The molecule has 6 rings (SSSR count). The Kier molecular flexibility index (Phi) is 3.12. The Morgan fingerprint density at radius 2 is 1.89 bits per heavy atom.